The summed E-state index contributed by atoms with van der Waals surface area (Å²) < 4.78 is 0. The van der Waals surface area contributed by atoms with Crippen molar-refractivity contribution in [1.29, 1.82) is 0 Å². The smallest absolute Gasteiger partial charge is 0.227 e. The molecule has 0 saturated carbocycles. The van der Waals surface area contributed by atoms with Gasteiger partial charge >= 0.3 is 0 Å². The predicted molar refractivity (Wildman–Crippen MR) is 117 cm³/mol. The highest BCUT2D eigenvalue weighted by molar-refractivity contribution is 5.65. The molecule has 0 N–H and O–H groups in total. The molecule has 2 aromatic heterocycles. The molecule has 0 amide bonds. The van der Waals surface area contributed by atoms with E-state index in [0.717, 1.165) is 55.4 Å². The molecule has 3 rings (SSSR count). The lowest BCUT2D eigenvalue weighted by molar-refractivity contribution is 0.747. The zero-order valence-electron chi connectivity index (χ0n) is 17.0. The van der Waals surface area contributed by atoms with E-state index in [9.17, 15) is 0 Å². The second kappa shape index (κ2) is 9.83. The SMILES string of the molecule is CCCCN(C)c1nc(-c2ccccc2)cc(N(C)CCc2ccncc2)n1. The number of unbranched alkanes of at least 4 members (excludes halogenated alkanes) is 1. The maximum absolute atomic E-state index is 4.85. The van der Waals surface area contributed by atoms with Crippen LogP contribution < -0.4 is 9.80 Å². The first-order valence-corrected chi connectivity index (χ1v) is 9.93. The van der Waals surface area contributed by atoms with E-state index in [-0.39, 0.29) is 0 Å². The molecular weight excluding hydrogens is 346 g/mol. The second-order valence-electron chi connectivity index (χ2n) is 7.08. The van der Waals surface area contributed by atoms with Crippen LogP contribution in [0.25, 0.3) is 11.3 Å². The molecule has 28 heavy (non-hydrogen) atoms. The normalized spacial score (nSPS) is 10.7. The molecule has 0 aliphatic carbocycles. The molecule has 3 aromatic rings. The fraction of sp³-hybridized carbons (Fsp3) is 0.348. The van der Waals surface area contributed by atoms with Crippen LogP contribution in [0.1, 0.15) is 25.3 Å². The fourth-order valence-electron chi connectivity index (χ4n) is 3.00. The Labute approximate surface area is 168 Å². The third kappa shape index (κ3) is 5.28. The van der Waals surface area contributed by atoms with Gasteiger partial charge in [-0.2, -0.15) is 4.98 Å². The molecular formula is C23H29N5. The van der Waals surface area contributed by atoms with Crippen LogP contribution in [-0.2, 0) is 6.42 Å². The molecule has 5 heteroatoms. The van der Waals surface area contributed by atoms with Gasteiger partial charge in [0.1, 0.15) is 5.82 Å². The van der Waals surface area contributed by atoms with Crippen molar-refractivity contribution in [3.63, 3.8) is 0 Å². The first-order valence-electron chi connectivity index (χ1n) is 9.93. The van der Waals surface area contributed by atoms with Gasteiger partial charge in [-0.25, -0.2) is 4.98 Å². The molecule has 0 unspecified atom stereocenters. The predicted octanol–water partition coefficient (Wildman–Crippen LogP) is 4.45. The maximum Gasteiger partial charge on any atom is 0.227 e. The van der Waals surface area contributed by atoms with Crippen molar-refractivity contribution in [2.75, 3.05) is 37.0 Å². The molecule has 0 radical (unpaired) electrons. The minimum atomic E-state index is 0.778. The van der Waals surface area contributed by atoms with Gasteiger partial charge in [0, 0.05) is 51.2 Å². The number of hydrogen-bond donors (Lipinski definition) is 0. The van der Waals surface area contributed by atoms with Crippen molar-refractivity contribution in [3.05, 3.63) is 66.5 Å². The van der Waals surface area contributed by atoms with Gasteiger partial charge in [-0.15, -0.1) is 0 Å². The van der Waals surface area contributed by atoms with E-state index in [2.05, 4.69) is 66.1 Å². The molecule has 0 fully saturated rings. The lowest BCUT2D eigenvalue weighted by Crippen LogP contribution is -2.25. The van der Waals surface area contributed by atoms with Gasteiger partial charge in [0.25, 0.3) is 0 Å². The van der Waals surface area contributed by atoms with Crippen molar-refractivity contribution in [1.82, 2.24) is 15.0 Å². The van der Waals surface area contributed by atoms with Gasteiger partial charge in [-0.05, 0) is 30.5 Å². The highest BCUT2D eigenvalue weighted by Crippen LogP contribution is 2.24. The van der Waals surface area contributed by atoms with Gasteiger partial charge in [0.2, 0.25) is 5.95 Å². The van der Waals surface area contributed by atoms with E-state index in [0.29, 0.717) is 0 Å². The molecule has 0 spiro atoms. The summed E-state index contributed by atoms with van der Waals surface area (Å²) in [6.45, 7) is 4.04. The Hall–Kier alpha value is -2.95. The van der Waals surface area contributed by atoms with Crippen LogP contribution in [0, 0.1) is 0 Å². The third-order valence-corrected chi connectivity index (χ3v) is 4.84. The number of aromatic nitrogens is 3. The van der Waals surface area contributed by atoms with Crippen molar-refractivity contribution >= 4 is 11.8 Å². The third-order valence-electron chi connectivity index (χ3n) is 4.84. The number of benzene rings is 1. The van der Waals surface area contributed by atoms with Crippen molar-refractivity contribution < 1.29 is 0 Å². The van der Waals surface area contributed by atoms with Gasteiger partial charge in [0.15, 0.2) is 0 Å². The highest BCUT2D eigenvalue weighted by atomic mass is 15.3. The Balaban J connectivity index is 1.85. The summed E-state index contributed by atoms with van der Waals surface area (Å²) in [6.07, 6.45) is 6.91. The molecule has 0 aliphatic heterocycles. The summed E-state index contributed by atoms with van der Waals surface area (Å²) in [4.78, 5) is 18.1. The molecule has 0 atom stereocenters. The van der Waals surface area contributed by atoms with Crippen molar-refractivity contribution in [3.8, 4) is 11.3 Å². The molecule has 146 valence electrons. The van der Waals surface area contributed by atoms with Crippen LogP contribution in [0.5, 0.6) is 0 Å². The largest absolute Gasteiger partial charge is 0.359 e. The van der Waals surface area contributed by atoms with Crippen molar-refractivity contribution in [2.24, 2.45) is 0 Å². The fourth-order valence-corrected chi connectivity index (χ4v) is 3.00. The Morgan fingerprint density at radius 1 is 0.857 bits per heavy atom. The number of hydrogen-bond acceptors (Lipinski definition) is 5. The zero-order valence-corrected chi connectivity index (χ0v) is 17.0. The minimum Gasteiger partial charge on any atom is -0.359 e. The van der Waals surface area contributed by atoms with E-state index in [1.54, 1.807) is 0 Å². The Kier molecular flexibility index (Phi) is 6.95. The number of likely N-dealkylation sites (N-methyl/N-ethyl adjacent to an activating group) is 1. The summed E-state index contributed by atoms with van der Waals surface area (Å²) in [6, 6.07) is 16.5. The van der Waals surface area contributed by atoms with Gasteiger partial charge in [-0.3, -0.25) is 4.98 Å². The number of nitrogens with zero attached hydrogens (tertiary/aromatic N) is 5. The lowest BCUT2D eigenvalue weighted by Gasteiger charge is -2.23. The second-order valence-corrected chi connectivity index (χ2v) is 7.08. The number of rotatable bonds is 9. The highest BCUT2D eigenvalue weighted by Gasteiger charge is 2.13. The summed E-state index contributed by atoms with van der Waals surface area (Å²) in [5.74, 6) is 1.72. The van der Waals surface area contributed by atoms with Gasteiger partial charge in [0.05, 0.1) is 5.69 Å². The Morgan fingerprint density at radius 3 is 2.32 bits per heavy atom. The van der Waals surface area contributed by atoms with E-state index in [1.807, 2.05) is 30.6 Å². The Morgan fingerprint density at radius 2 is 1.61 bits per heavy atom. The molecule has 2 heterocycles. The molecule has 1 aromatic carbocycles. The van der Waals surface area contributed by atoms with Crippen LogP contribution in [0.4, 0.5) is 11.8 Å². The summed E-state index contributed by atoms with van der Waals surface area (Å²) in [5, 5.41) is 0. The standard InChI is InChI=1S/C23H29N5/c1-4-5-16-28(3)23-25-21(20-9-7-6-8-10-20)18-22(26-23)27(2)17-13-19-11-14-24-15-12-19/h6-12,14-15,18H,4-5,13,16-17H2,1-3H3. The van der Waals surface area contributed by atoms with Crippen LogP contribution in [-0.4, -0.2) is 42.1 Å². The summed E-state index contributed by atoms with van der Waals surface area (Å²) in [5.41, 5.74) is 3.35. The minimum absolute atomic E-state index is 0.778. The first kappa shape index (κ1) is 19.8. The van der Waals surface area contributed by atoms with E-state index in [4.69, 9.17) is 9.97 Å². The van der Waals surface area contributed by atoms with E-state index in [1.165, 1.54) is 5.56 Å². The van der Waals surface area contributed by atoms with Crippen LogP contribution in [0.3, 0.4) is 0 Å². The monoisotopic (exact) mass is 375 g/mol. The van der Waals surface area contributed by atoms with Crippen molar-refractivity contribution in [2.45, 2.75) is 26.2 Å². The molecule has 0 bridgehead atoms. The topological polar surface area (TPSA) is 45.2 Å². The van der Waals surface area contributed by atoms with Crippen LogP contribution in [0.2, 0.25) is 0 Å². The zero-order chi connectivity index (χ0) is 19.8. The molecule has 0 saturated heterocycles. The van der Waals surface area contributed by atoms with Crippen LogP contribution >= 0.6 is 0 Å². The lowest BCUT2D eigenvalue weighted by atomic mass is 10.1. The van der Waals surface area contributed by atoms with E-state index < -0.39 is 0 Å². The maximum atomic E-state index is 4.85. The summed E-state index contributed by atoms with van der Waals surface area (Å²) >= 11 is 0. The number of anilines is 2. The molecule has 0 aliphatic rings. The number of pyridine rings is 1. The summed E-state index contributed by atoms with van der Waals surface area (Å²) in [7, 11) is 4.16. The Bertz CT molecular complexity index is 851. The van der Waals surface area contributed by atoms with E-state index >= 15 is 0 Å². The quantitative estimate of drug-likeness (QED) is 0.553. The first-order chi connectivity index (χ1) is 13.7. The van der Waals surface area contributed by atoms with Crippen LogP contribution in [0.15, 0.2) is 60.9 Å². The van der Waals surface area contributed by atoms with Gasteiger partial charge in [-0.1, -0.05) is 43.7 Å². The average molecular weight is 376 g/mol. The van der Waals surface area contributed by atoms with Gasteiger partial charge < -0.3 is 9.80 Å². The molecule has 5 nitrogen and oxygen atoms in total. The average Bonchev–Trinajstić information content (AvgIpc) is 2.76.